The zero-order valence-electron chi connectivity index (χ0n) is 14.9. The van der Waals surface area contributed by atoms with Crippen molar-refractivity contribution in [2.45, 2.75) is 84.5 Å². The first-order chi connectivity index (χ1) is 11.4. The van der Waals surface area contributed by atoms with Crippen LogP contribution in [0.1, 0.15) is 84.5 Å². The molecule has 5 heteroatoms. The van der Waals surface area contributed by atoms with Crippen molar-refractivity contribution in [1.29, 1.82) is 0 Å². The molecule has 0 radical (unpaired) electrons. The van der Waals surface area contributed by atoms with Gasteiger partial charge in [-0.15, -0.1) is 0 Å². The SMILES string of the molecule is CCC(C(=O)C(=O)O)C(=O)C(=O)C1(CC)CCCCCCCCC1. The summed E-state index contributed by atoms with van der Waals surface area (Å²) in [4.78, 5) is 48.2. The molecule has 0 amide bonds. The third-order valence-corrected chi connectivity index (χ3v) is 5.44. The number of rotatable bonds is 7. The molecule has 1 atom stereocenters. The molecule has 1 saturated carbocycles. The predicted molar refractivity (Wildman–Crippen MR) is 90.7 cm³/mol. The number of carboxylic acid groups (broad SMARTS) is 1. The van der Waals surface area contributed by atoms with Gasteiger partial charge in [0.2, 0.25) is 11.6 Å². The second-order valence-electron chi connectivity index (χ2n) is 6.93. The Kier molecular flexibility index (Phi) is 8.29. The van der Waals surface area contributed by atoms with Gasteiger partial charge in [-0.25, -0.2) is 4.79 Å². The van der Waals surface area contributed by atoms with Gasteiger partial charge in [0.15, 0.2) is 0 Å². The molecule has 1 aliphatic rings. The molecule has 1 N–H and O–H groups in total. The summed E-state index contributed by atoms with van der Waals surface area (Å²) in [5.74, 6) is -5.47. The smallest absolute Gasteiger partial charge is 0.372 e. The zero-order chi connectivity index (χ0) is 18.2. The molecule has 0 spiro atoms. The lowest BCUT2D eigenvalue weighted by Gasteiger charge is -2.32. The number of aliphatic carboxylic acids is 1. The van der Waals surface area contributed by atoms with Crippen LogP contribution in [0, 0.1) is 11.3 Å². The van der Waals surface area contributed by atoms with Gasteiger partial charge >= 0.3 is 5.97 Å². The van der Waals surface area contributed by atoms with Crippen LogP contribution >= 0.6 is 0 Å². The molecule has 0 heterocycles. The Morgan fingerprint density at radius 2 is 1.29 bits per heavy atom. The van der Waals surface area contributed by atoms with Crippen LogP contribution in [0.4, 0.5) is 0 Å². The Bertz CT molecular complexity index is 470. The molecule has 0 aromatic carbocycles. The van der Waals surface area contributed by atoms with Gasteiger partial charge in [0.1, 0.15) is 0 Å². The Labute approximate surface area is 144 Å². The highest BCUT2D eigenvalue weighted by atomic mass is 16.4. The Morgan fingerprint density at radius 1 is 0.833 bits per heavy atom. The van der Waals surface area contributed by atoms with Crippen molar-refractivity contribution in [2.24, 2.45) is 11.3 Å². The largest absolute Gasteiger partial charge is 0.475 e. The fraction of sp³-hybridized carbons (Fsp3) is 0.789. The molecule has 1 aliphatic carbocycles. The normalized spacial score (nSPS) is 19.9. The minimum Gasteiger partial charge on any atom is -0.475 e. The summed E-state index contributed by atoms with van der Waals surface area (Å²) in [6.45, 7) is 3.49. The first kappa shape index (κ1) is 20.5. The minimum atomic E-state index is -1.64. The topological polar surface area (TPSA) is 88.5 Å². The number of hydrogen-bond donors (Lipinski definition) is 1. The molecule has 0 aromatic heterocycles. The molecule has 5 nitrogen and oxygen atoms in total. The summed E-state index contributed by atoms with van der Waals surface area (Å²) >= 11 is 0. The number of carbonyl (C=O) groups excluding carboxylic acids is 3. The van der Waals surface area contributed by atoms with Crippen LogP contribution in [0.3, 0.4) is 0 Å². The lowest BCUT2D eigenvalue weighted by molar-refractivity contribution is -0.155. The fourth-order valence-corrected chi connectivity index (χ4v) is 3.74. The van der Waals surface area contributed by atoms with E-state index in [2.05, 4.69) is 0 Å². The number of hydrogen-bond acceptors (Lipinski definition) is 4. The lowest BCUT2D eigenvalue weighted by Crippen LogP contribution is -2.42. The average Bonchev–Trinajstić information content (AvgIpc) is 2.59. The number of carboxylic acids is 1. The molecule has 1 unspecified atom stereocenters. The minimum absolute atomic E-state index is 0.0511. The van der Waals surface area contributed by atoms with Gasteiger partial charge in [0.05, 0.1) is 5.92 Å². The van der Waals surface area contributed by atoms with E-state index in [-0.39, 0.29) is 6.42 Å². The van der Waals surface area contributed by atoms with Crippen molar-refractivity contribution in [3.05, 3.63) is 0 Å². The van der Waals surface area contributed by atoms with Gasteiger partial charge in [-0.2, -0.15) is 0 Å². The predicted octanol–water partition coefficient (Wildman–Crippen LogP) is 3.73. The molecular formula is C19H30O5. The van der Waals surface area contributed by atoms with Crippen molar-refractivity contribution >= 4 is 23.3 Å². The van der Waals surface area contributed by atoms with Crippen molar-refractivity contribution in [3.63, 3.8) is 0 Å². The van der Waals surface area contributed by atoms with E-state index in [1.54, 1.807) is 6.92 Å². The van der Waals surface area contributed by atoms with Crippen LogP contribution in [0.2, 0.25) is 0 Å². The van der Waals surface area contributed by atoms with E-state index in [0.717, 1.165) is 38.5 Å². The Morgan fingerprint density at radius 3 is 1.67 bits per heavy atom. The molecule has 136 valence electrons. The Hall–Kier alpha value is -1.52. The molecule has 0 aromatic rings. The van der Waals surface area contributed by atoms with Crippen LogP contribution in [0.25, 0.3) is 0 Å². The molecule has 1 fully saturated rings. The summed E-state index contributed by atoms with van der Waals surface area (Å²) in [6, 6.07) is 0. The molecule has 0 saturated heterocycles. The third kappa shape index (κ3) is 4.99. The van der Waals surface area contributed by atoms with Crippen LogP contribution < -0.4 is 0 Å². The standard InChI is InChI=1S/C19H30O5/c1-3-14(16(21)18(23)24)15(20)17(22)19(4-2)12-10-8-6-5-7-9-11-13-19/h14H,3-13H2,1-2H3,(H,23,24). The summed E-state index contributed by atoms with van der Waals surface area (Å²) in [6.07, 6.45) is 9.35. The van der Waals surface area contributed by atoms with Crippen LogP contribution in [-0.2, 0) is 19.2 Å². The first-order valence-electron chi connectivity index (χ1n) is 9.25. The third-order valence-electron chi connectivity index (χ3n) is 5.44. The van der Waals surface area contributed by atoms with E-state index < -0.39 is 34.7 Å². The summed E-state index contributed by atoms with van der Waals surface area (Å²) in [5, 5.41) is 8.88. The van der Waals surface area contributed by atoms with E-state index in [4.69, 9.17) is 5.11 Å². The van der Waals surface area contributed by atoms with E-state index in [1.807, 2.05) is 6.92 Å². The lowest BCUT2D eigenvalue weighted by atomic mass is 9.69. The quantitative estimate of drug-likeness (QED) is 0.564. The van der Waals surface area contributed by atoms with E-state index in [1.165, 1.54) is 6.42 Å². The van der Waals surface area contributed by atoms with E-state index >= 15 is 0 Å². The molecule has 1 rings (SSSR count). The zero-order valence-corrected chi connectivity index (χ0v) is 14.9. The molecular weight excluding hydrogens is 308 g/mol. The Balaban J connectivity index is 3.00. The van der Waals surface area contributed by atoms with Gasteiger partial charge in [-0.3, -0.25) is 14.4 Å². The first-order valence-corrected chi connectivity index (χ1v) is 9.25. The van der Waals surface area contributed by atoms with E-state index in [9.17, 15) is 19.2 Å². The number of Topliss-reactive ketones (excluding diaryl/α,β-unsaturated/α-hetero) is 3. The second kappa shape index (κ2) is 9.70. The molecule has 24 heavy (non-hydrogen) atoms. The van der Waals surface area contributed by atoms with Gasteiger partial charge in [-0.05, 0) is 25.7 Å². The summed E-state index contributed by atoms with van der Waals surface area (Å²) in [5.41, 5.74) is -0.722. The van der Waals surface area contributed by atoms with Crippen LogP contribution in [0.15, 0.2) is 0 Å². The highest BCUT2D eigenvalue weighted by molar-refractivity contribution is 6.49. The monoisotopic (exact) mass is 338 g/mol. The summed E-state index contributed by atoms with van der Waals surface area (Å²) in [7, 11) is 0. The summed E-state index contributed by atoms with van der Waals surface area (Å²) < 4.78 is 0. The van der Waals surface area contributed by atoms with Gasteiger partial charge in [0, 0.05) is 5.41 Å². The number of ketones is 3. The molecule has 0 bridgehead atoms. The van der Waals surface area contributed by atoms with E-state index in [0.29, 0.717) is 19.3 Å². The van der Waals surface area contributed by atoms with Crippen molar-refractivity contribution in [2.75, 3.05) is 0 Å². The average molecular weight is 338 g/mol. The second-order valence-corrected chi connectivity index (χ2v) is 6.93. The van der Waals surface area contributed by atoms with Crippen molar-refractivity contribution in [3.8, 4) is 0 Å². The number of carbonyl (C=O) groups is 4. The van der Waals surface area contributed by atoms with Crippen LogP contribution in [-0.4, -0.2) is 28.4 Å². The highest BCUT2D eigenvalue weighted by Crippen LogP contribution is 2.38. The van der Waals surface area contributed by atoms with Gasteiger partial charge in [0.25, 0.3) is 5.78 Å². The molecule has 0 aliphatic heterocycles. The highest BCUT2D eigenvalue weighted by Gasteiger charge is 2.44. The van der Waals surface area contributed by atoms with Gasteiger partial charge < -0.3 is 5.11 Å². The maximum absolute atomic E-state index is 12.9. The maximum atomic E-state index is 12.9. The fourth-order valence-electron chi connectivity index (χ4n) is 3.74. The van der Waals surface area contributed by atoms with Crippen LogP contribution in [0.5, 0.6) is 0 Å². The van der Waals surface area contributed by atoms with Gasteiger partial charge in [-0.1, -0.05) is 58.8 Å². The van der Waals surface area contributed by atoms with Crippen molar-refractivity contribution in [1.82, 2.24) is 0 Å². The van der Waals surface area contributed by atoms with Crippen molar-refractivity contribution < 1.29 is 24.3 Å². The maximum Gasteiger partial charge on any atom is 0.372 e.